The van der Waals surface area contributed by atoms with E-state index >= 15 is 0 Å². The number of thioether (sulfide) groups is 1. The third kappa shape index (κ3) is 3.94. The van der Waals surface area contributed by atoms with Crippen LogP contribution in [0.2, 0.25) is 5.02 Å². The van der Waals surface area contributed by atoms with Gasteiger partial charge in [0.2, 0.25) is 0 Å². The maximum absolute atomic E-state index is 14.4. The number of fused-ring (bicyclic) bond motifs is 1. The molecule has 0 unspecified atom stereocenters. The van der Waals surface area contributed by atoms with Crippen molar-refractivity contribution < 1.29 is 17.6 Å². The molecular weight excluding hydrogens is 423 g/mol. The van der Waals surface area contributed by atoms with Crippen molar-refractivity contribution in [2.24, 2.45) is 4.99 Å². The molecule has 4 rings (SSSR count). The predicted octanol–water partition coefficient (Wildman–Crippen LogP) is 3.32. The van der Waals surface area contributed by atoms with Gasteiger partial charge in [-0.2, -0.15) is 4.99 Å². The summed E-state index contributed by atoms with van der Waals surface area (Å²) >= 11 is 7.08. The van der Waals surface area contributed by atoms with E-state index in [9.17, 15) is 17.6 Å². The topological polar surface area (TPSA) is 66.8 Å². The number of amides is 1. The summed E-state index contributed by atoms with van der Waals surface area (Å²) in [5.41, 5.74) is 1.000. The van der Waals surface area contributed by atoms with Gasteiger partial charge >= 0.3 is 0 Å². The second-order valence-electron chi connectivity index (χ2n) is 6.71. The Balaban J connectivity index is 1.65. The van der Waals surface area contributed by atoms with E-state index < -0.39 is 21.7 Å². The van der Waals surface area contributed by atoms with E-state index in [1.165, 1.54) is 17.8 Å². The van der Waals surface area contributed by atoms with Crippen LogP contribution in [0.3, 0.4) is 0 Å². The van der Waals surface area contributed by atoms with Crippen molar-refractivity contribution in [1.29, 1.82) is 0 Å². The minimum Gasteiger partial charge on any atom is -0.313 e. The standard InChI is InChI=1S/C19H16ClFN2O3S2/c20-13-7-5-12(6-8-13)9-18(24)22-19-23(15-4-2-1-3-14(15)21)16-10-28(25,26)11-17(16)27-19/h1-8,16-17H,9-11H2/t16-,17-/m1/s1. The largest absolute Gasteiger partial charge is 0.313 e. The van der Waals surface area contributed by atoms with Crippen LogP contribution in [0.4, 0.5) is 10.1 Å². The van der Waals surface area contributed by atoms with Crippen molar-refractivity contribution in [1.82, 2.24) is 0 Å². The summed E-state index contributed by atoms with van der Waals surface area (Å²) < 4.78 is 38.5. The first-order valence-electron chi connectivity index (χ1n) is 8.59. The Bertz CT molecular complexity index is 1060. The van der Waals surface area contributed by atoms with E-state index in [4.69, 9.17) is 11.6 Å². The molecule has 28 heavy (non-hydrogen) atoms. The van der Waals surface area contributed by atoms with Gasteiger partial charge in [-0.1, -0.05) is 47.6 Å². The number of carbonyl (C=O) groups excluding carboxylic acids is 1. The molecule has 0 aromatic heterocycles. The van der Waals surface area contributed by atoms with Crippen LogP contribution in [0.1, 0.15) is 5.56 Å². The zero-order valence-electron chi connectivity index (χ0n) is 14.6. The molecule has 2 aromatic rings. The molecule has 1 amide bonds. The molecule has 2 aromatic carbocycles. The lowest BCUT2D eigenvalue weighted by Crippen LogP contribution is -2.38. The molecule has 0 bridgehead atoms. The summed E-state index contributed by atoms with van der Waals surface area (Å²) in [6.45, 7) is 0. The lowest BCUT2D eigenvalue weighted by atomic mass is 10.1. The second kappa shape index (κ2) is 7.50. The highest BCUT2D eigenvalue weighted by molar-refractivity contribution is 8.16. The summed E-state index contributed by atoms with van der Waals surface area (Å²) in [6.07, 6.45) is 0.0833. The zero-order valence-corrected chi connectivity index (χ0v) is 17.0. The number of hydrogen-bond acceptors (Lipinski definition) is 4. The Morgan fingerprint density at radius 3 is 2.61 bits per heavy atom. The molecule has 146 valence electrons. The molecule has 0 spiro atoms. The summed E-state index contributed by atoms with van der Waals surface area (Å²) in [4.78, 5) is 18.2. The number of hydrogen-bond donors (Lipinski definition) is 0. The number of para-hydroxylation sites is 1. The lowest BCUT2D eigenvalue weighted by molar-refractivity contribution is -0.117. The highest BCUT2D eigenvalue weighted by atomic mass is 35.5. The highest BCUT2D eigenvalue weighted by Gasteiger charge is 2.49. The minimum absolute atomic E-state index is 0.00230. The van der Waals surface area contributed by atoms with Crippen LogP contribution in [0.5, 0.6) is 0 Å². The molecule has 2 aliphatic rings. The van der Waals surface area contributed by atoms with Crippen molar-refractivity contribution in [3.63, 3.8) is 0 Å². The van der Waals surface area contributed by atoms with Gasteiger partial charge < -0.3 is 4.90 Å². The monoisotopic (exact) mass is 438 g/mol. The molecule has 2 fully saturated rings. The molecule has 2 heterocycles. The van der Waals surface area contributed by atoms with Gasteiger partial charge in [0, 0.05) is 10.3 Å². The Morgan fingerprint density at radius 2 is 1.89 bits per heavy atom. The van der Waals surface area contributed by atoms with E-state index in [1.807, 2.05) is 0 Å². The van der Waals surface area contributed by atoms with Crippen molar-refractivity contribution in [2.45, 2.75) is 17.7 Å². The van der Waals surface area contributed by atoms with Gasteiger partial charge in [0.25, 0.3) is 5.91 Å². The summed E-state index contributed by atoms with van der Waals surface area (Å²) in [5, 5.41) is 0.647. The predicted molar refractivity (Wildman–Crippen MR) is 110 cm³/mol. The van der Waals surface area contributed by atoms with Crippen LogP contribution in [-0.2, 0) is 21.1 Å². The van der Waals surface area contributed by atoms with E-state index in [0.717, 1.165) is 5.56 Å². The maximum atomic E-state index is 14.4. The van der Waals surface area contributed by atoms with Crippen molar-refractivity contribution >= 4 is 50.0 Å². The fourth-order valence-corrected chi connectivity index (χ4v) is 7.47. The molecular formula is C19H16ClFN2O3S2. The van der Waals surface area contributed by atoms with E-state index in [1.54, 1.807) is 47.4 Å². The van der Waals surface area contributed by atoms with E-state index in [0.29, 0.717) is 10.2 Å². The van der Waals surface area contributed by atoms with Crippen LogP contribution in [0, 0.1) is 5.82 Å². The molecule has 0 radical (unpaired) electrons. The number of nitrogens with zero attached hydrogens (tertiary/aromatic N) is 2. The smallest absolute Gasteiger partial charge is 0.252 e. The van der Waals surface area contributed by atoms with Crippen LogP contribution in [0.25, 0.3) is 0 Å². The van der Waals surface area contributed by atoms with Crippen molar-refractivity contribution in [2.75, 3.05) is 16.4 Å². The normalized spacial score (nSPS) is 24.5. The Morgan fingerprint density at radius 1 is 1.18 bits per heavy atom. The Kier molecular flexibility index (Phi) is 5.20. The van der Waals surface area contributed by atoms with Gasteiger partial charge in [0.15, 0.2) is 15.0 Å². The zero-order chi connectivity index (χ0) is 19.9. The number of halogens is 2. The fraction of sp³-hybridized carbons (Fsp3) is 0.263. The minimum atomic E-state index is -3.20. The Labute approximate surface area is 171 Å². The highest BCUT2D eigenvalue weighted by Crippen LogP contribution is 2.41. The molecule has 5 nitrogen and oxygen atoms in total. The SMILES string of the molecule is O=C(Cc1ccc(Cl)cc1)N=C1S[C@@H]2CS(=O)(=O)C[C@H]2N1c1ccccc1F. The first-order valence-corrected chi connectivity index (χ1v) is 11.7. The molecule has 0 N–H and O–H groups in total. The average Bonchev–Trinajstić information content (AvgIpc) is 3.08. The quantitative estimate of drug-likeness (QED) is 0.735. The first-order chi connectivity index (χ1) is 13.3. The fourth-order valence-electron chi connectivity index (χ4n) is 3.42. The lowest BCUT2D eigenvalue weighted by Gasteiger charge is -2.24. The molecule has 9 heteroatoms. The molecule has 0 aliphatic carbocycles. The van der Waals surface area contributed by atoms with E-state index in [2.05, 4.69) is 4.99 Å². The number of benzene rings is 2. The van der Waals surface area contributed by atoms with Crippen LogP contribution < -0.4 is 4.90 Å². The molecule has 0 saturated carbocycles. The third-order valence-electron chi connectivity index (χ3n) is 4.67. The number of rotatable bonds is 3. The molecule has 2 saturated heterocycles. The number of amidine groups is 1. The summed E-state index contributed by atoms with van der Waals surface area (Å²) in [7, 11) is -3.20. The number of aliphatic imine (C=N–C) groups is 1. The summed E-state index contributed by atoms with van der Waals surface area (Å²) in [5.74, 6) is -0.943. The van der Waals surface area contributed by atoms with Gasteiger partial charge in [-0.15, -0.1) is 0 Å². The van der Waals surface area contributed by atoms with Crippen molar-refractivity contribution in [3.05, 3.63) is 64.9 Å². The third-order valence-corrected chi connectivity index (χ3v) is 8.13. The van der Waals surface area contributed by atoms with Gasteiger partial charge in [-0.3, -0.25) is 4.79 Å². The first kappa shape index (κ1) is 19.4. The van der Waals surface area contributed by atoms with Gasteiger partial charge in [-0.05, 0) is 29.8 Å². The van der Waals surface area contributed by atoms with Gasteiger partial charge in [0.05, 0.1) is 29.7 Å². The number of anilines is 1. The van der Waals surface area contributed by atoms with Crippen molar-refractivity contribution in [3.8, 4) is 0 Å². The van der Waals surface area contributed by atoms with Gasteiger partial charge in [0.1, 0.15) is 5.82 Å². The maximum Gasteiger partial charge on any atom is 0.252 e. The second-order valence-corrected chi connectivity index (χ2v) is 10.5. The van der Waals surface area contributed by atoms with Crippen LogP contribution in [-0.4, -0.2) is 42.3 Å². The van der Waals surface area contributed by atoms with Gasteiger partial charge in [-0.25, -0.2) is 12.8 Å². The molecule has 2 atom stereocenters. The molecule has 2 aliphatic heterocycles. The number of carbonyl (C=O) groups is 1. The van der Waals surface area contributed by atoms with E-state index in [-0.39, 0.29) is 34.8 Å². The van der Waals surface area contributed by atoms with Crippen LogP contribution >= 0.6 is 23.4 Å². The Hall–Kier alpha value is -1.90. The van der Waals surface area contributed by atoms with Crippen LogP contribution in [0.15, 0.2) is 53.5 Å². The summed E-state index contributed by atoms with van der Waals surface area (Å²) in [6, 6.07) is 12.6. The average molecular weight is 439 g/mol. The number of sulfone groups is 1.